The Balaban J connectivity index is 1.32. The van der Waals surface area contributed by atoms with Crippen LogP contribution in [-0.4, -0.2) is 54.7 Å². The quantitative estimate of drug-likeness (QED) is 0.421. The molecule has 11 nitrogen and oxygen atoms in total. The van der Waals surface area contributed by atoms with E-state index in [0.717, 1.165) is 31.2 Å². The zero-order chi connectivity index (χ0) is 25.2. The summed E-state index contributed by atoms with van der Waals surface area (Å²) in [5.74, 6) is 1.01. The van der Waals surface area contributed by atoms with Gasteiger partial charge < -0.3 is 15.4 Å². The summed E-state index contributed by atoms with van der Waals surface area (Å²) >= 11 is 0. The molecule has 0 radical (unpaired) electrons. The molecule has 2 aliphatic rings. The van der Waals surface area contributed by atoms with Crippen molar-refractivity contribution >= 4 is 17.5 Å². The van der Waals surface area contributed by atoms with E-state index in [1.807, 2.05) is 19.9 Å². The summed E-state index contributed by atoms with van der Waals surface area (Å²) in [5.41, 5.74) is 1.85. The summed E-state index contributed by atoms with van der Waals surface area (Å²) in [6.45, 7) is 4.36. The summed E-state index contributed by atoms with van der Waals surface area (Å²) in [7, 11) is 1.54. The Morgan fingerprint density at radius 3 is 2.53 bits per heavy atom. The molecule has 0 spiro atoms. The van der Waals surface area contributed by atoms with Crippen molar-refractivity contribution in [3.8, 4) is 5.88 Å². The molecule has 3 aromatic rings. The Morgan fingerprint density at radius 1 is 1.11 bits per heavy atom. The lowest BCUT2D eigenvalue weighted by molar-refractivity contribution is -0.119. The molecule has 0 bridgehead atoms. The summed E-state index contributed by atoms with van der Waals surface area (Å²) < 4.78 is 8.64. The number of amides is 2. The van der Waals surface area contributed by atoms with E-state index in [1.165, 1.54) is 0 Å². The number of carbonyl (C=O) groups excluding carboxylic acids is 2. The molecule has 2 aliphatic carbocycles. The van der Waals surface area contributed by atoms with Crippen LogP contribution in [0, 0.1) is 17.8 Å². The van der Waals surface area contributed by atoms with Crippen LogP contribution < -0.4 is 15.4 Å². The summed E-state index contributed by atoms with van der Waals surface area (Å²) in [4.78, 5) is 26.9. The number of ether oxygens (including phenoxy) is 1. The Hall–Kier alpha value is -3.76. The molecule has 1 atom stereocenters. The van der Waals surface area contributed by atoms with E-state index in [-0.39, 0.29) is 23.8 Å². The minimum atomic E-state index is -0.624. The Morgan fingerprint density at radius 2 is 1.86 bits per heavy atom. The molecule has 3 aromatic heterocycles. The average molecular weight is 493 g/mol. The van der Waals surface area contributed by atoms with Gasteiger partial charge in [0.25, 0.3) is 5.91 Å². The van der Waals surface area contributed by atoms with E-state index < -0.39 is 6.04 Å². The standard InChI is InChI=1S/C25H32N8O3/c1-15(2)33-20(9-11-27-33)23(34)30-22(21(16-4-5-16)17-6-7-17)24(35)29-19-12-28-32(14-19)13-18-8-10-26-31-25(18)36-3/h8-12,14-17,21-22H,4-7,13H2,1-3H3,(H,29,35)(H,30,34)/t22-/m0/s1. The van der Waals surface area contributed by atoms with Crippen LogP contribution in [0.15, 0.2) is 36.9 Å². The van der Waals surface area contributed by atoms with Crippen LogP contribution in [0.3, 0.4) is 0 Å². The molecule has 2 N–H and O–H groups in total. The maximum atomic E-state index is 13.6. The zero-order valence-electron chi connectivity index (χ0n) is 20.8. The number of carbonyl (C=O) groups is 2. The number of nitrogens with one attached hydrogen (secondary N) is 2. The van der Waals surface area contributed by atoms with Gasteiger partial charge in [0.15, 0.2) is 0 Å². The molecule has 3 heterocycles. The van der Waals surface area contributed by atoms with E-state index in [2.05, 4.69) is 31.0 Å². The molecule has 2 amide bonds. The van der Waals surface area contributed by atoms with Crippen molar-refractivity contribution in [2.45, 2.75) is 58.2 Å². The fraction of sp³-hybridized carbons (Fsp3) is 0.520. The van der Waals surface area contributed by atoms with Gasteiger partial charge in [-0.15, -0.1) is 5.10 Å². The molecular formula is C25H32N8O3. The van der Waals surface area contributed by atoms with Crippen molar-refractivity contribution in [3.63, 3.8) is 0 Å². The van der Waals surface area contributed by atoms with Crippen LogP contribution in [0.5, 0.6) is 5.88 Å². The van der Waals surface area contributed by atoms with Gasteiger partial charge in [-0.2, -0.15) is 15.3 Å². The minimum absolute atomic E-state index is 0.0377. The lowest BCUT2D eigenvalue weighted by Crippen LogP contribution is -2.50. The highest BCUT2D eigenvalue weighted by Crippen LogP contribution is 2.50. The van der Waals surface area contributed by atoms with Gasteiger partial charge in [0.1, 0.15) is 11.7 Å². The second-order valence-corrected chi connectivity index (χ2v) is 9.94. The number of aromatic nitrogens is 6. The van der Waals surface area contributed by atoms with Gasteiger partial charge in [0, 0.05) is 24.0 Å². The lowest BCUT2D eigenvalue weighted by Gasteiger charge is -2.27. The van der Waals surface area contributed by atoms with Crippen LogP contribution in [0.2, 0.25) is 0 Å². The molecular weight excluding hydrogens is 460 g/mol. The van der Waals surface area contributed by atoms with Gasteiger partial charge >= 0.3 is 0 Å². The van der Waals surface area contributed by atoms with Crippen molar-refractivity contribution in [2.75, 3.05) is 12.4 Å². The maximum Gasteiger partial charge on any atom is 0.270 e. The van der Waals surface area contributed by atoms with Crippen molar-refractivity contribution in [3.05, 3.63) is 48.2 Å². The Bertz CT molecular complexity index is 1220. The van der Waals surface area contributed by atoms with Crippen molar-refractivity contribution in [2.24, 2.45) is 17.8 Å². The van der Waals surface area contributed by atoms with E-state index in [1.54, 1.807) is 47.3 Å². The monoisotopic (exact) mass is 492 g/mol. The lowest BCUT2D eigenvalue weighted by atomic mass is 9.88. The van der Waals surface area contributed by atoms with Gasteiger partial charge in [-0.05, 0) is 69.4 Å². The number of nitrogens with zero attached hydrogens (tertiary/aromatic N) is 6. The Kier molecular flexibility index (Phi) is 6.71. The predicted molar refractivity (Wildman–Crippen MR) is 131 cm³/mol. The first-order valence-electron chi connectivity index (χ1n) is 12.5. The summed E-state index contributed by atoms with van der Waals surface area (Å²) in [6, 6.07) is 2.92. The number of hydrogen-bond donors (Lipinski definition) is 2. The molecule has 2 saturated carbocycles. The molecule has 36 heavy (non-hydrogen) atoms. The topological polar surface area (TPSA) is 129 Å². The second-order valence-electron chi connectivity index (χ2n) is 9.94. The fourth-order valence-corrected chi connectivity index (χ4v) is 4.89. The van der Waals surface area contributed by atoms with Gasteiger partial charge in [-0.1, -0.05) is 0 Å². The fourth-order valence-electron chi connectivity index (χ4n) is 4.89. The van der Waals surface area contributed by atoms with Crippen molar-refractivity contribution in [1.29, 1.82) is 0 Å². The van der Waals surface area contributed by atoms with Crippen LogP contribution in [0.4, 0.5) is 5.69 Å². The molecule has 190 valence electrons. The van der Waals surface area contributed by atoms with Gasteiger partial charge in [0.2, 0.25) is 11.8 Å². The summed E-state index contributed by atoms with van der Waals surface area (Å²) in [6.07, 6.45) is 11.0. The third-order valence-corrected chi connectivity index (χ3v) is 6.87. The minimum Gasteiger partial charge on any atom is -0.480 e. The molecule has 0 saturated heterocycles. The molecule has 0 unspecified atom stereocenters. The average Bonchev–Trinajstić information content (AvgIpc) is 3.79. The van der Waals surface area contributed by atoms with E-state index in [0.29, 0.717) is 35.6 Å². The highest BCUT2D eigenvalue weighted by molar-refractivity contribution is 6.00. The highest BCUT2D eigenvalue weighted by Gasteiger charge is 2.48. The molecule has 5 rings (SSSR count). The first-order valence-corrected chi connectivity index (χ1v) is 12.5. The first-order chi connectivity index (χ1) is 17.4. The predicted octanol–water partition coefficient (Wildman–Crippen LogP) is 2.68. The van der Waals surface area contributed by atoms with E-state index in [9.17, 15) is 9.59 Å². The third-order valence-electron chi connectivity index (χ3n) is 6.87. The second kappa shape index (κ2) is 10.1. The van der Waals surface area contributed by atoms with Gasteiger partial charge in [-0.3, -0.25) is 19.0 Å². The van der Waals surface area contributed by atoms with Crippen LogP contribution in [0.1, 0.15) is 61.6 Å². The summed E-state index contributed by atoms with van der Waals surface area (Å²) in [5, 5.41) is 22.5. The number of hydrogen-bond acceptors (Lipinski definition) is 7. The third kappa shape index (κ3) is 5.24. The number of anilines is 1. The van der Waals surface area contributed by atoms with Crippen LogP contribution in [-0.2, 0) is 11.3 Å². The molecule has 2 fully saturated rings. The number of rotatable bonds is 11. The smallest absolute Gasteiger partial charge is 0.270 e. The van der Waals surface area contributed by atoms with E-state index in [4.69, 9.17) is 4.74 Å². The van der Waals surface area contributed by atoms with Gasteiger partial charge in [-0.25, -0.2) is 0 Å². The molecule has 0 aromatic carbocycles. The van der Waals surface area contributed by atoms with Crippen LogP contribution >= 0.6 is 0 Å². The van der Waals surface area contributed by atoms with Gasteiger partial charge in [0.05, 0.1) is 31.7 Å². The normalized spacial score (nSPS) is 16.2. The van der Waals surface area contributed by atoms with Crippen molar-refractivity contribution in [1.82, 2.24) is 35.1 Å². The molecule has 11 heteroatoms. The van der Waals surface area contributed by atoms with Crippen molar-refractivity contribution < 1.29 is 14.3 Å². The zero-order valence-corrected chi connectivity index (χ0v) is 20.8. The highest BCUT2D eigenvalue weighted by atomic mass is 16.5. The largest absolute Gasteiger partial charge is 0.480 e. The SMILES string of the molecule is COc1nnccc1Cn1cc(NC(=O)[C@@H](NC(=O)c2ccnn2C(C)C)C(C2CC2)C2CC2)cn1. The maximum absolute atomic E-state index is 13.6. The number of methoxy groups -OCH3 is 1. The Labute approximate surface area is 209 Å². The first kappa shape index (κ1) is 24.0. The molecule has 0 aliphatic heterocycles. The van der Waals surface area contributed by atoms with Crippen LogP contribution in [0.25, 0.3) is 0 Å². The van der Waals surface area contributed by atoms with E-state index >= 15 is 0 Å².